The van der Waals surface area contributed by atoms with Crippen molar-refractivity contribution in [1.82, 2.24) is 10.3 Å². The molecule has 3 N–H and O–H groups in total. The van der Waals surface area contributed by atoms with Gasteiger partial charge in [-0.15, -0.1) is 0 Å². The second-order valence-corrected chi connectivity index (χ2v) is 5.81. The van der Waals surface area contributed by atoms with Gasteiger partial charge in [-0.2, -0.15) is 13.2 Å². The Morgan fingerprint density at radius 2 is 1.68 bits per heavy atom. The van der Waals surface area contributed by atoms with E-state index in [4.69, 9.17) is 0 Å². The van der Waals surface area contributed by atoms with Gasteiger partial charge in [0, 0.05) is 24.2 Å². The normalized spacial score (nSPS) is 11.5. The molecule has 2 aromatic carbocycles. The molecule has 0 spiro atoms. The Bertz CT molecular complexity index is 1060. The van der Waals surface area contributed by atoms with E-state index in [-0.39, 0.29) is 22.2 Å². The average molecular weight is 397 g/mol. The highest BCUT2D eigenvalue weighted by molar-refractivity contribution is 6.40. The lowest BCUT2D eigenvalue weighted by Crippen LogP contribution is -2.35. The predicted octanol–water partition coefficient (Wildman–Crippen LogP) is 3.72. The van der Waals surface area contributed by atoms with Gasteiger partial charge >= 0.3 is 18.0 Å². The summed E-state index contributed by atoms with van der Waals surface area (Å²) in [7, 11) is 0. The van der Waals surface area contributed by atoms with Crippen LogP contribution in [0.4, 0.5) is 27.6 Å². The molecule has 0 fully saturated rings. The van der Waals surface area contributed by atoms with E-state index in [1.165, 1.54) is 24.4 Å². The number of halogens is 5. The average Bonchev–Trinajstić information content (AvgIpc) is 3.01. The number of aromatic nitrogens is 1. The van der Waals surface area contributed by atoms with E-state index < -0.39 is 41.7 Å². The highest BCUT2D eigenvalue weighted by atomic mass is 19.4. The molecule has 146 valence electrons. The number of fused-ring (bicyclic) bond motifs is 1. The standard InChI is InChI=1S/C18H12F5N3O2/c19-12-5-10-14(6-13(12)20)24-8-15(10)26-17(28)16(27)25-7-9-3-1-2-4-11(9)18(21,22)23/h1-6,8,24H,7H2,(H,25,27)(H,26,28). The molecule has 0 saturated heterocycles. The van der Waals surface area contributed by atoms with Gasteiger partial charge in [0.25, 0.3) is 0 Å². The van der Waals surface area contributed by atoms with E-state index in [9.17, 15) is 31.5 Å². The Morgan fingerprint density at radius 1 is 1.00 bits per heavy atom. The van der Waals surface area contributed by atoms with Crippen LogP contribution in [0.1, 0.15) is 11.1 Å². The molecular weight excluding hydrogens is 385 g/mol. The fraction of sp³-hybridized carbons (Fsp3) is 0.111. The van der Waals surface area contributed by atoms with E-state index >= 15 is 0 Å². The molecule has 28 heavy (non-hydrogen) atoms. The van der Waals surface area contributed by atoms with Crippen LogP contribution in [-0.4, -0.2) is 16.8 Å². The summed E-state index contributed by atoms with van der Waals surface area (Å²) in [6, 6.07) is 6.35. The fourth-order valence-corrected chi connectivity index (χ4v) is 2.61. The third kappa shape index (κ3) is 3.95. The number of alkyl halides is 3. The number of benzene rings is 2. The first kappa shape index (κ1) is 19.3. The maximum atomic E-state index is 13.4. The monoisotopic (exact) mass is 397 g/mol. The van der Waals surface area contributed by atoms with Gasteiger partial charge in [-0.1, -0.05) is 18.2 Å². The maximum absolute atomic E-state index is 13.4. The van der Waals surface area contributed by atoms with Crippen LogP contribution in [0.3, 0.4) is 0 Å². The minimum Gasteiger partial charge on any atom is -0.359 e. The molecule has 3 rings (SSSR count). The third-order valence-electron chi connectivity index (χ3n) is 3.94. The lowest BCUT2D eigenvalue weighted by Gasteiger charge is -2.13. The van der Waals surface area contributed by atoms with Gasteiger partial charge < -0.3 is 15.6 Å². The number of hydrogen-bond donors (Lipinski definition) is 3. The SMILES string of the molecule is O=C(NCc1ccccc1C(F)(F)F)C(=O)Nc1c[nH]c2cc(F)c(F)cc12. The van der Waals surface area contributed by atoms with Crippen molar-refractivity contribution in [1.29, 1.82) is 0 Å². The summed E-state index contributed by atoms with van der Waals surface area (Å²) in [6.07, 6.45) is -3.37. The number of anilines is 1. The van der Waals surface area contributed by atoms with Crippen LogP contribution >= 0.6 is 0 Å². The quantitative estimate of drug-likeness (QED) is 0.466. The van der Waals surface area contributed by atoms with Crippen LogP contribution in [0.15, 0.2) is 42.6 Å². The van der Waals surface area contributed by atoms with Crippen molar-refractivity contribution in [2.24, 2.45) is 0 Å². The van der Waals surface area contributed by atoms with Crippen molar-refractivity contribution in [2.45, 2.75) is 12.7 Å². The molecule has 0 aliphatic heterocycles. The lowest BCUT2D eigenvalue weighted by molar-refractivity contribution is -0.139. The smallest absolute Gasteiger partial charge is 0.359 e. The van der Waals surface area contributed by atoms with Crippen molar-refractivity contribution < 1.29 is 31.5 Å². The second-order valence-electron chi connectivity index (χ2n) is 5.81. The number of amides is 2. The molecule has 0 radical (unpaired) electrons. The summed E-state index contributed by atoms with van der Waals surface area (Å²) in [5.41, 5.74) is -0.927. The van der Waals surface area contributed by atoms with E-state index in [2.05, 4.69) is 15.6 Å². The largest absolute Gasteiger partial charge is 0.416 e. The van der Waals surface area contributed by atoms with Crippen LogP contribution in [0.25, 0.3) is 10.9 Å². The Morgan fingerprint density at radius 3 is 2.39 bits per heavy atom. The second kappa shape index (κ2) is 7.29. The molecule has 2 amide bonds. The van der Waals surface area contributed by atoms with Crippen LogP contribution in [-0.2, 0) is 22.3 Å². The van der Waals surface area contributed by atoms with Crippen LogP contribution in [0, 0.1) is 11.6 Å². The number of aromatic amines is 1. The minimum absolute atomic E-state index is 0.0183. The summed E-state index contributed by atoms with van der Waals surface area (Å²) in [6.45, 7) is -0.518. The first-order valence-electron chi connectivity index (χ1n) is 7.87. The topological polar surface area (TPSA) is 74.0 Å². The van der Waals surface area contributed by atoms with Gasteiger partial charge in [-0.05, 0) is 17.7 Å². The molecule has 1 heterocycles. The molecule has 0 atom stereocenters. The van der Waals surface area contributed by atoms with Crippen molar-refractivity contribution >= 4 is 28.4 Å². The first-order chi connectivity index (χ1) is 13.2. The van der Waals surface area contributed by atoms with Gasteiger partial charge in [0.2, 0.25) is 0 Å². The number of rotatable bonds is 3. The fourth-order valence-electron chi connectivity index (χ4n) is 2.61. The Labute approximate surface area is 154 Å². The predicted molar refractivity (Wildman–Crippen MR) is 90.1 cm³/mol. The molecule has 0 aliphatic rings. The molecule has 0 bridgehead atoms. The maximum Gasteiger partial charge on any atom is 0.416 e. The lowest BCUT2D eigenvalue weighted by atomic mass is 10.1. The highest BCUT2D eigenvalue weighted by Crippen LogP contribution is 2.31. The van der Waals surface area contributed by atoms with Gasteiger partial charge in [0.15, 0.2) is 11.6 Å². The molecule has 10 heteroatoms. The van der Waals surface area contributed by atoms with Gasteiger partial charge in [0.05, 0.1) is 16.8 Å². The summed E-state index contributed by atoms with van der Waals surface area (Å²) < 4.78 is 65.4. The summed E-state index contributed by atoms with van der Waals surface area (Å²) >= 11 is 0. The number of carbonyl (C=O) groups is 2. The zero-order chi connectivity index (χ0) is 20.5. The van der Waals surface area contributed by atoms with Crippen LogP contribution in [0.5, 0.6) is 0 Å². The zero-order valence-corrected chi connectivity index (χ0v) is 14.0. The van der Waals surface area contributed by atoms with E-state index in [0.717, 1.165) is 18.2 Å². The highest BCUT2D eigenvalue weighted by Gasteiger charge is 2.33. The molecule has 3 aromatic rings. The van der Waals surface area contributed by atoms with Crippen molar-refractivity contribution in [2.75, 3.05) is 5.32 Å². The van der Waals surface area contributed by atoms with Crippen molar-refractivity contribution in [3.63, 3.8) is 0 Å². The first-order valence-corrected chi connectivity index (χ1v) is 7.87. The van der Waals surface area contributed by atoms with Crippen LogP contribution in [0.2, 0.25) is 0 Å². The number of hydrogen-bond acceptors (Lipinski definition) is 2. The summed E-state index contributed by atoms with van der Waals surface area (Å²) in [5.74, 6) is -4.59. The number of carbonyl (C=O) groups excluding carboxylic acids is 2. The molecular formula is C18H12F5N3O2. The zero-order valence-electron chi connectivity index (χ0n) is 14.0. The molecule has 0 saturated carbocycles. The van der Waals surface area contributed by atoms with Gasteiger partial charge in [-0.3, -0.25) is 9.59 Å². The Hall–Kier alpha value is -3.43. The minimum atomic E-state index is -4.60. The van der Waals surface area contributed by atoms with Gasteiger partial charge in [0.1, 0.15) is 0 Å². The summed E-state index contributed by atoms with van der Waals surface area (Å²) in [5, 5.41) is 4.42. The van der Waals surface area contributed by atoms with Crippen molar-refractivity contribution in [3.05, 3.63) is 65.4 Å². The van der Waals surface area contributed by atoms with Gasteiger partial charge in [-0.25, -0.2) is 8.78 Å². The number of nitrogens with one attached hydrogen (secondary N) is 3. The summed E-state index contributed by atoms with van der Waals surface area (Å²) in [4.78, 5) is 26.5. The van der Waals surface area contributed by atoms with E-state index in [0.29, 0.717) is 0 Å². The van der Waals surface area contributed by atoms with E-state index in [1.54, 1.807) is 0 Å². The molecule has 0 unspecified atom stereocenters. The molecule has 1 aromatic heterocycles. The van der Waals surface area contributed by atoms with Crippen molar-refractivity contribution in [3.8, 4) is 0 Å². The van der Waals surface area contributed by atoms with E-state index in [1.807, 2.05) is 0 Å². The Balaban J connectivity index is 1.70. The van der Waals surface area contributed by atoms with Crippen LogP contribution < -0.4 is 10.6 Å². The third-order valence-corrected chi connectivity index (χ3v) is 3.94. The molecule has 5 nitrogen and oxygen atoms in total. The number of H-pyrrole nitrogens is 1. The molecule has 0 aliphatic carbocycles. The Kier molecular flexibility index (Phi) is 5.04.